The van der Waals surface area contributed by atoms with Gasteiger partial charge in [-0.1, -0.05) is 25.4 Å². The van der Waals surface area contributed by atoms with Crippen LogP contribution in [0.1, 0.15) is 23.5 Å². The van der Waals surface area contributed by atoms with Crippen molar-refractivity contribution in [1.29, 1.82) is 0 Å². The SMILES string of the molecule is CC(C)C(N)CNC(=O)c1sccc1Cl. The van der Waals surface area contributed by atoms with Crippen LogP contribution in [0.25, 0.3) is 0 Å². The van der Waals surface area contributed by atoms with E-state index in [1.54, 1.807) is 11.4 Å². The molecular formula is C10H15ClN2OS. The highest BCUT2D eigenvalue weighted by Crippen LogP contribution is 2.21. The maximum absolute atomic E-state index is 11.6. The monoisotopic (exact) mass is 246 g/mol. The standard InChI is InChI=1S/C10H15ClN2OS/c1-6(2)8(12)5-13-10(14)9-7(11)3-4-15-9/h3-4,6,8H,5,12H2,1-2H3,(H,13,14). The average Bonchev–Trinajstić information content (AvgIpc) is 2.60. The fourth-order valence-electron chi connectivity index (χ4n) is 0.982. The molecule has 0 saturated heterocycles. The van der Waals surface area contributed by atoms with Crippen molar-refractivity contribution in [1.82, 2.24) is 5.32 Å². The third-order valence-electron chi connectivity index (χ3n) is 2.18. The summed E-state index contributed by atoms with van der Waals surface area (Å²) in [5.74, 6) is 0.204. The number of hydrogen-bond donors (Lipinski definition) is 2. The maximum Gasteiger partial charge on any atom is 0.262 e. The second-order valence-electron chi connectivity index (χ2n) is 3.72. The molecule has 1 unspecified atom stereocenters. The van der Waals surface area contributed by atoms with E-state index in [1.807, 2.05) is 13.8 Å². The summed E-state index contributed by atoms with van der Waals surface area (Å²) in [6.07, 6.45) is 0. The molecule has 0 aliphatic carbocycles. The lowest BCUT2D eigenvalue weighted by Crippen LogP contribution is -2.40. The van der Waals surface area contributed by atoms with Crippen LogP contribution in [0.4, 0.5) is 0 Å². The van der Waals surface area contributed by atoms with E-state index >= 15 is 0 Å². The molecule has 1 heterocycles. The van der Waals surface area contributed by atoms with Crippen molar-refractivity contribution in [2.45, 2.75) is 19.9 Å². The van der Waals surface area contributed by atoms with Gasteiger partial charge in [-0.2, -0.15) is 0 Å². The number of hydrogen-bond acceptors (Lipinski definition) is 3. The minimum absolute atomic E-state index is 0.0207. The van der Waals surface area contributed by atoms with Gasteiger partial charge < -0.3 is 11.1 Å². The molecule has 3 N–H and O–H groups in total. The fourth-order valence-corrected chi connectivity index (χ4v) is 2.04. The Kier molecular flexibility index (Phi) is 4.57. The van der Waals surface area contributed by atoms with E-state index in [0.717, 1.165) is 0 Å². The summed E-state index contributed by atoms with van der Waals surface area (Å²) >= 11 is 7.16. The second-order valence-corrected chi connectivity index (χ2v) is 5.04. The second kappa shape index (κ2) is 5.49. The number of thiophene rings is 1. The van der Waals surface area contributed by atoms with Crippen LogP contribution >= 0.6 is 22.9 Å². The molecule has 1 aromatic heterocycles. The molecule has 84 valence electrons. The Morgan fingerprint density at radius 1 is 1.67 bits per heavy atom. The van der Waals surface area contributed by atoms with E-state index in [4.69, 9.17) is 17.3 Å². The predicted octanol–water partition coefficient (Wildman–Crippen LogP) is 2.11. The summed E-state index contributed by atoms with van der Waals surface area (Å²) in [5.41, 5.74) is 5.81. The molecule has 3 nitrogen and oxygen atoms in total. The summed E-state index contributed by atoms with van der Waals surface area (Å²) in [7, 11) is 0. The third-order valence-corrected chi connectivity index (χ3v) is 3.52. The van der Waals surface area contributed by atoms with Crippen LogP contribution in [0.5, 0.6) is 0 Å². The number of amides is 1. The van der Waals surface area contributed by atoms with Gasteiger partial charge >= 0.3 is 0 Å². The van der Waals surface area contributed by atoms with Gasteiger partial charge in [0.05, 0.1) is 5.02 Å². The van der Waals surface area contributed by atoms with Gasteiger partial charge in [0, 0.05) is 12.6 Å². The van der Waals surface area contributed by atoms with Crippen molar-refractivity contribution < 1.29 is 4.79 Å². The Morgan fingerprint density at radius 3 is 2.80 bits per heavy atom. The van der Waals surface area contributed by atoms with Gasteiger partial charge in [0.2, 0.25) is 0 Å². The molecule has 0 radical (unpaired) electrons. The Labute approximate surface area is 98.6 Å². The predicted molar refractivity (Wildman–Crippen MR) is 64.5 cm³/mol. The number of rotatable bonds is 4. The Hall–Kier alpha value is -0.580. The lowest BCUT2D eigenvalue weighted by molar-refractivity contribution is 0.0953. The zero-order valence-electron chi connectivity index (χ0n) is 8.79. The van der Waals surface area contributed by atoms with Crippen molar-refractivity contribution in [2.24, 2.45) is 11.7 Å². The fraction of sp³-hybridized carbons (Fsp3) is 0.500. The Morgan fingerprint density at radius 2 is 2.33 bits per heavy atom. The average molecular weight is 247 g/mol. The zero-order valence-corrected chi connectivity index (χ0v) is 10.4. The van der Waals surface area contributed by atoms with Gasteiger partial charge in [-0.15, -0.1) is 11.3 Å². The van der Waals surface area contributed by atoms with Crippen molar-refractivity contribution in [3.05, 3.63) is 21.3 Å². The lowest BCUT2D eigenvalue weighted by atomic mass is 10.1. The minimum Gasteiger partial charge on any atom is -0.350 e. The van der Waals surface area contributed by atoms with Gasteiger partial charge in [-0.25, -0.2) is 0 Å². The smallest absolute Gasteiger partial charge is 0.262 e. The zero-order chi connectivity index (χ0) is 11.4. The number of nitrogens with two attached hydrogens (primary N) is 1. The first-order valence-corrected chi connectivity index (χ1v) is 6.05. The molecule has 0 aliphatic heterocycles. The highest BCUT2D eigenvalue weighted by Gasteiger charge is 2.13. The van der Waals surface area contributed by atoms with Crippen LogP contribution in [0.15, 0.2) is 11.4 Å². The molecule has 0 aromatic carbocycles. The van der Waals surface area contributed by atoms with E-state index in [2.05, 4.69) is 5.32 Å². The van der Waals surface area contributed by atoms with Crippen molar-refractivity contribution >= 4 is 28.8 Å². The topological polar surface area (TPSA) is 55.1 Å². The van der Waals surface area contributed by atoms with Crippen LogP contribution in [0, 0.1) is 5.92 Å². The van der Waals surface area contributed by atoms with Gasteiger partial charge in [-0.3, -0.25) is 4.79 Å². The molecule has 5 heteroatoms. The molecule has 0 spiro atoms. The van der Waals surface area contributed by atoms with Crippen LogP contribution in [-0.4, -0.2) is 18.5 Å². The first-order chi connectivity index (χ1) is 7.02. The van der Waals surface area contributed by atoms with Crippen LogP contribution < -0.4 is 11.1 Å². The number of halogens is 1. The summed E-state index contributed by atoms with van der Waals surface area (Å²) in [6.45, 7) is 4.52. The molecule has 0 bridgehead atoms. The summed E-state index contributed by atoms with van der Waals surface area (Å²) in [5, 5.41) is 5.06. The molecular weight excluding hydrogens is 232 g/mol. The molecule has 1 amide bonds. The normalized spacial score (nSPS) is 12.9. The van der Waals surface area contributed by atoms with Gasteiger partial charge in [0.15, 0.2) is 0 Å². The molecule has 0 saturated carbocycles. The van der Waals surface area contributed by atoms with E-state index < -0.39 is 0 Å². The largest absolute Gasteiger partial charge is 0.350 e. The molecule has 0 aliphatic rings. The van der Waals surface area contributed by atoms with E-state index in [-0.39, 0.29) is 11.9 Å². The molecule has 15 heavy (non-hydrogen) atoms. The first kappa shape index (κ1) is 12.5. The third kappa shape index (κ3) is 3.48. The molecule has 1 atom stereocenters. The minimum atomic E-state index is -0.147. The van der Waals surface area contributed by atoms with Crippen LogP contribution in [0.3, 0.4) is 0 Å². The summed E-state index contributed by atoms with van der Waals surface area (Å²) < 4.78 is 0. The van der Waals surface area contributed by atoms with Crippen LogP contribution in [-0.2, 0) is 0 Å². The van der Waals surface area contributed by atoms with E-state index in [9.17, 15) is 4.79 Å². The van der Waals surface area contributed by atoms with E-state index in [0.29, 0.717) is 22.4 Å². The first-order valence-electron chi connectivity index (χ1n) is 4.79. The molecule has 0 fully saturated rings. The number of nitrogens with one attached hydrogen (secondary N) is 1. The van der Waals surface area contributed by atoms with Crippen molar-refractivity contribution in [3.63, 3.8) is 0 Å². The summed E-state index contributed by atoms with van der Waals surface area (Å²) in [6, 6.07) is 1.69. The maximum atomic E-state index is 11.6. The lowest BCUT2D eigenvalue weighted by Gasteiger charge is -2.15. The quantitative estimate of drug-likeness (QED) is 0.855. The van der Waals surface area contributed by atoms with Crippen LogP contribution in [0.2, 0.25) is 5.02 Å². The number of carbonyl (C=O) groups is 1. The Bertz CT molecular complexity index is 338. The van der Waals surface area contributed by atoms with Crippen molar-refractivity contribution in [2.75, 3.05) is 6.54 Å². The molecule has 1 aromatic rings. The molecule has 1 rings (SSSR count). The highest BCUT2D eigenvalue weighted by atomic mass is 35.5. The van der Waals surface area contributed by atoms with Gasteiger partial charge in [0.25, 0.3) is 5.91 Å². The number of carbonyl (C=O) groups excluding carboxylic acids is 1. The van der Waals surface area contributed by atoms with Gasteiger partial charge in [0.1, 0.15) is 4.88 Å². The van der Waals surface area contributed by atoms with Gasteiger partial charge in [-0.05, 0) is 17.4 Å². The highest BCUT2D eigenvalue weighted by molar-refractivity contribution is 7.12. The van der Waals surface area contributed by atoms with E-state index in [1.165, 1.54) is 11.3 Å². The Balaban J connectivity index is 2.47. The summed E-state index contributed by atoms with van der Waals surface area (Å²) in [4.78, 5) is 12.2. The van der Waals surface area contributed by atoms with Crippen molar-refractivity contribution in [3.8, 4) is 0 Å².